The highest BCUT2D eigenvalue weighted by Gasteiger charge is 2.35. The molecule has 0 saturated carbocycles. The normalized spacial score (nSPS) is 22.0. The minimum absolute atomic E-state index is 0.286. The summed E-state index contributed by atoms with van der Waals surface area (Å²) in [5.74, 6) is -0.410. The molecule has 3 atom stereocenters. The van der Waals surface area contributed by atoms with Gasteiger partial charge in [-0.3, -0.25) is 4.79 Å². The van der Waals surface area contributed by atoms with Gasteiger partial charge >= 0.3 is 5.97 Å². The highest BCUT2D eigenvalue weighted by Crippen LogP contribution is 2.31. The Bertz CT molecular complexity index is 866. The Balaban J connectivity index is 1.58. The van der Waals surface area contributed by atoms with Crippen LogP contribution in [0.25, 0.3) is 0 Å². The fourth-order valence-corrected chi connectivity index (χ4v) is 3.81. The molecule has 0 aromatic heterocycles. The molecule has 2 aromatic rings. The zero-order valence-corrected chi connectivity index (χ0v) is 15.5. The van der Waals surface area contributed by atoms with E-state index in [0.717, 1.165) is 41.9 Å². The lowest BCUT2D eigenvalue weighted by atomic mass is 9.94. The first-order valence-electron chi connectivity index (χ1n) is 9.61. The van der Waals surface area contributed by atoms with Crippen LogP contribution in [0.4, 0.5) is 0 Å². The van der Waals surface area contributed by atoms with Crippen molar-refractivity contribution in [3.63, 3.8) is 0 Å². The number of hydrogen-bond acceptors (Lipinski definition) is 4. The molecular formula is C22H23NO5. The van der Waals surface area contributed by atoms with Gasteiger partial charge in [-0.25, -0.2) is 4.79 Å². The van der Waals surface area contributed by atoms with Crippen LogP contribution >= 0.6 is 0 Å². The Kier molecular flexibility index (Phi) is 5.30. The van der Waals surface area contributed by atoms with Gasteiger partial charge in [-0.1, -0.05) is 36.4 Å². The number of benzene rings is 2. The van der Waals surface area contributed by atoms with Crippen molar-refractivity contribution in [3.05, 3.63) is 65.2 Å². The highest BCUT2D eigenvalue weighted by atomic mass is 16.5. The number of ether oxygens (including phenoxy) is 2. The van der Waals surface area contributed by atoms with E-state index in [4.69, 9.17) is 14.6 Å². The van der Waals surface area contributed by atoms with E-state index < -0.39 is 18.2 Å². The Morgan fingerprint density at radius 3 is 2.57 bits per heavy atom. The smallest absolute Gasteiger partial charge is 0.332 e. The van der Waals surface area contributed by atoms with Gasteiger partial charge in [0.2, 0.25) is 5.91 Å². The Hall–Kier alpha value is -2.86. The summed E-state index contributed by atoms with van der Waals surface area (Å²) < 4.78 is 11.1. The predicted octanol–water partition coefficient (Wildman–Crippen LogP) is 2.85. The van der Waals surface area contributed by atoms with Crippen molar-refractivity contribution in [2.75, 3.05) is 6.61 Å². The summed E-state index contributed by atoms with van der Waals surface area (Å²) in [4.78, 5) is 23.9. The van der Waals surface area contributed by atoms with E-state index in [-0.39, 0.29) is 11.9 Å². The number of carboxylic acid groups (broad SMARTS) is 1. The van der Waals surface area contributed by atoms with Crippen molar-refractivity contribution in [2.24, 2.45) is 0 Å². The van der Waals surface area contributed by atoms with Crippen LogP contribution in [-0.4, -0.2) is 35.8 Å². The summed E-state index contributed by atoms with van der Waals surface area (Å²) >= 11 is 0. The summed E-state index contributed by atoms with van der Waals surface area (Å²) in [6.07, 6.45) is 1.03. The molecule has 0 bridgehead atoms. The lowest BCUT2D eigenvalue weighted by Gasteiger charge is -2.24. The van der Waals surface area contributed by atoms with Crippen LogP contribution in [0.3, 0.4) is 0 Å². The molecule has 1 saturated heterocycles. The number of aliphatic carboxylic acids is 1. The second-order valence-corrected chi connectivity index (χ2v) is 7.20. The fraction of sp³-hybridized carbons (Fsp3) is 0.364. The van der Waals surface area contributed by atoms with Gasteiger partial charge in [-0.05, 0) is 54.5 Å². The third-order valence-corrected chi connectivity index (χ3v) is 5.27. The molecule has 4 rings (SSSR count). The molecule has 146 valence electrons. The van der Waals surface area contributed by atoms with Gasteiger partial charge in [0.1, 0.15) is 11.9 Å². The van der Waals surface area contributed by atoms with Gasteiger partial charge < -0.3 is 19.9 Å². The molecule has 0 aliphatic carbocycles. The molecule has 2 heterocycles. The number of hydrogen-bond donors (Lipinski definition) is 2. The molecule has 6 heteroatoms. The van der Waals surface area contributed by atoms with Crippen LogP contribution < -0.4 is 10.1 Å². The molecule has 0 radical (unpaired) electrons. The topological polar surface area (TPSA) is 84.9 Å². The van der Waals surface area contributed by atoms with Gasteiger partial charge in [-0.2, -0.15) is 0 Å². The molecule has 2 aliphatic heterocycles. The third-order valence-electron chi connectivity index (χ3n) is 5.27. The van der Waals surface area contributed by atoms with Gasteiger partial charge in [0.15, 0.2) is 6.10 Å². The second-order valence-electron chi connectivity index (χ2n) is 7.20. The monoisotopic (exact) mass is 381 g/mol. The van der Waals surface area contributed by atoms with E-state index in [1.54, 1.807) is 0 Å². The molecule has 2 N–H and O–H groups in total. The molecule has 2 aromatic carbocycles. The standard InChI is InChI=1S/C22H23NO5/c24-21(18-10-11-19(28-18)22(25)26)23-20(14-5-2-1-3-6-14)16-8-9-17-15(13-16)7-4-12-27-17/h1-3,5-6,8-9,13,18-20H,4,7,10-12H2,(H,23,24)(H,25,26)/t18-,19+,20?/m0/s1. The maximum atomic E-state index is 12.8. The van der Waals surface area contributed by atoms with Gasteiger partial charge in [0.25, 0.3) is 0 Å². The largest absolute Gasteiger partial charge is 0.493 e. The van der Waals surface area contributed by atoms with Crippen molar-refractivity contribution in [3.8, 4) is 5.75 Å². The quantitative estimate of drug-likeness (QED) is 0.832. The number of carbonyl (C=O) groups is 2. The minimum Gasteiger partial charge on any atom is -0.493 e. The van der Waals surface area contributed by atoms with Crippen molar-refractivity contribution in [1.82, 2.24) is 5.32 Å². The van der Waals surface area contributed by atoms with Crippen LogP contribution in [0.1, 0.15) is 42.0 Å². The number of nitrogens with one attached hydrogen (secondary N) is 1. The van der Waals surface area contributed by atoms with Crippen molar-refractivity contribution in [2.45, 2.75) is 43.9 Å². The van der Waals surface area contributed by atoms with Crippen LogP contribution in [0.5, 0.6) is 5.75 Å². The summed E-state index contributed by atoms with van der Waals surface area (Å²) in [6.45, 7) is 0.731. The highest BCUT2D eigenvalue weighted by molar-refractivity contribution is 5.83. The molecule has 6 nitrogen and oxygen atoms in total. The Morgan fingerprint density at radius 2 is 1.82 bits per heavy atom. The zero-order chi connectivity index (χ0) is 19.5. The van der Waals surface area contributed by atoms with Crippen LogP contribution in [0, 0.1) is 0 Å². The van der Waals surface area contributed by atoms with E-state index in [2.05, 4.69) is 11.4 Å². The molecular weight excluding hydrogens is 358 g/mol. The van der Waals surface area contributed by atoms with E-state index in [9.17, 15) is 9.59 Å². The predicted molar refractivity (Wildman–Crippen MR) is 102 cm³/mol. The van der Waals surface area contributed by atoms with Gasteiger partial charge in [-0.15, -0.1) is 0 Å². The average molecular weight is 381 g/mol. The summed E-state index contributed by atoms with van der Waals surface area (Å²) in [6, 6.07) is 15.4. The summed E-state index contributed by atoms with van der Waals surface area (Å²) in [5, 5.41) is 12.2. The number of amides is 1. The number of carbonyl (C=O) groups excluding carboxylic acids is 1. The van der Waals surface area contributed by atoms with Crippen LogP contribution in [-0.2, 0) is 20.7 Å². The molecule has 1 fully saturated rings. The lowest BCUT2D eigenvalue weighted by molar-refractivity contribution is -0.151. The second kappa shape index (κ2) is 8.02. The SMILES string of the molecule is O=C(NC(c1ccccc1)c1ccc2c(c1)CCCO2)[C@@H]1CC[C@H](C(=O)O)O1. The van der Waals surface area contributed by atoms with E-state index in [0.29, 0.717) is 12.8 Å². The van der Waals surface area contributed by atoms with Gasteiger partial charge in [0, 0.05) is 0 Å². The zero-order valence-electron chi connectivity index (χ0n) is 15.5. The molecule has 1 unspecified atom stereocenters. The van der Waals surface area contributed by atoms with E-state index >= 15 is 0 Å². The lowest BCUT2D eigenvalue weighted by Crippen LogP contribution is -2.38. The minimum atomic E-state index is -1.02. The first-order valence-corrected chi connectivity index (χ1v) is 9.61. The Labute approximate surface area is 163 Å². The van der Waals surface area contributed by atoms with E-state index in [1.165, 1.54) is 0 Å². The molecule has 1 amide bonds. The van der Waals surface area contributed by atoms with E-state index in [1.807, 2.05) is 42.5 Å². The number of aryl methyl sites for hydroxylation is 1. The van der Waals surface area contributed by atoms with Crippen molar-refractivity contribution >= 4 is 11.9 Å². The third kappa shape index (κ3) is 3.87. The summed E-state index contributed by atoms with van der Waals surface area (Å²) in [7, 11) is 0. The van der Waals surface area contributed by atoms with Gasteiger partial charge in [0.05, 0.1) is 12.6 Å². The first-order chi connectivity index (χ1) is 13.6. The van der Waals surface area contributed by atoms with Crippen LogP contribution in [0.2, 0.25) is 0 Å². The maximum Gasteiger partial charge on any atom is 0.332 e. The molecule has 2 aliphatic rings. The number of fused-ring (bicyclic) bond motifs is 1. The molecule has 0 spiro atoms. The average Bonchev–Trinajstić information content (AvgIpc) is 3.23. The Morgan fingerprint density at radius 1 is 1.04 bits per heavy atom. The van der Waals surface area contributed by atoms with Crippen molar-refractivity contribution < 1.29 is 24.2 Å². The number of carboxylic acids is 1. The summed E-state index contributed by atoms with van der Waals surface area (Å²) in [5.41, 5.74) is 3.07. The van der Waals surface area contributed by atoms with Crippen LogP contribution in [0.15, 0.2) is 48.5 Å². The maximum absolute atomic E-state index is 12.8. The molecule has 28 heavy (non-hydrogen) atoms. The first kappa shape index (κ1) is 18.5. The van der Waals surface area contributed by atoms with Crippen molar-refractivity contribution in [1.29, 1.82) is 0 Å². The fourth-order valence-electron chi connectivity index (χ4n) is 3.81. The number of rotatable bonds is 5.